The second-order valence-corrected chi connectivity index (χ2v) is 15.7. The largest absolute Gasteiger partial charge is 0.455 e. The molecule has 7 heteroatoms. The molecule has 8 aromatic carbocycles. The number of hydrogen-bond acceptors (Lipinski definition) is 6. The molecule has 0 saturated carbocycles. The normalized spacial score (nSPS) is 11.7. The van der Waals surface area contributed by atoms with Gasteiger partial charge in [-0.2, -0.15) is 0 Å². The highest BCUT2D eigenvalue weighted by atomic mass is 32.1. The van der Waals surface area contributed by atoms with Crippen LogP contribution < -0.4 is 0 Å². The third-order valence-electron chi connectivity index (χ3n) is 11.1. The molecule has 4 aromatic heterocycles. The van der Waals surface area contributed by atoms with E-state index in [0.717, 1.165) is 93.3 Å². The molecule has 0 aliphatic rings. The smallest absolute Gasteiger partial charge is 0.164 e. The molecule has 0 fully saturated rings. The van der Waals surface area contributed by atoms with Crippen molar-refractivity contribution >= 4 is 64.5 Å². The maximum Gasteiger partial charge on any atom is 0.164 e. The Bertz CT molecular complexity index is 3550. The van der Waals surface area contributed by atoms with E-state index in [2.05, 4.69) is 138 Å². The maximum absolute atomic E-state index is 6.38. The Morgan fingerprint density at radius 1 is 0.407 bits per heavy atom. The zero-order valence-electron chi connectivity index (χ0n) is 31.5. The molecule has 4 heterocycles. The minimum absolute atomic E-state index is 0.602. The van der Waals surface area contributed by atoms with Gasteiger partial charge in [0.05, 0.1) is 11.0 Å². The van der Waals surface area contributed by atoms with Gasteiger partial charge in [0, 0.05) is 64.4 Å². The standard InChI is InChI=1S/C52H31N5OS/c1-3-14-33(15-4-1)49-54-50(34-30-28-32(29-31-34)36-19-11-20-38-37-18-7-10-25-43(37)58-48(36)38)56-51(55-49)39-21-12-26-44-46(39)47-40(22-13-27-45(47)59-44)52-53-41-23-8-9-24-42(41)57(52)35-16-5-2-6-17-35/h1-31H. The van der Waals surface area contributed by atoms with Crippen molar-refractivity contribution < 1.29 is 4.42 Å². The molecule has 0 atom stereocenters. The Morgan fingerprint density at radius 3 is 1.78 bits per heavy atom. The SMILES string of the molecule is c1ccc(-c2nc(-c3ccc(-c4cccc5c4oc4ccccc45)cc3)nc(-c3cccc4sc5cccc(-c6nc7ccccc7n6-c6ccccc6)c5c34)n2)cc1. The molecule has 0 radical (unpaired) electrons. The van der Waals surface area contributed by atoms with Gasteiger partial charge in [-0.25, -0.2) is 19.9 Å². The molecule has 0 saturated heterocycles. The number of benzene rings is 8. The van der Waals surface area contributed by atoms with Gasteiger partial charge in [0.2, 0.25) is 0 Å². The molecule has 12 aromatic rings. The Labute approximate surface area is 342 Å². The number of para-hydroxylation sites is 5. The van der Waals surface area contributed by atoms with E-state index in [0.29, 0.717) is 17.5 Å². The van der Waals surface area contributed by atoms with Gasteiger partial charge in [-0.05, 0) is 48.0 Å². The van der Waals surface area contributed by atoms with Gasteiger partial charge in [0.25, 0.3) is 0 Å². The summed E-state index contributed by atoms with van der Waals surface area (Å²) in [6.45, 7) is 0. The van der Waals surface area contributed by atoms with Crippen LogP contribution in [-0.4, -0.2) is 24.5 Å². The van der Waals surface area contributed by atoms with Gasteiger partial charge in [-0.15, -0.1) is 11.3 Å². The lowest BCUT2D eigenvalue weighted by molar-refractivity contribution is 0.670. The molecule has 0 aliphatic carbocycles. The van der Waals surface area contributed by atoms with E-state index in [1.807, 2.05) is 54.6 Å². The third kappa shape index (κ3) is 5.47. The van der Waals surface area contributed by atoms with E-state index >= 15 is 0 Å². The van der Waals surface area contributed by atoms with Crippen LogP contribution in [0.25, 0.3) is 116 Å². The number of rotatable bonds is 6. The molecule has 0 unspecified atom stereocenters. The Hall–Kier alpha value is -7.74. The summed E-state index contributed by atoms with van der Waals surface area (Å²) in [5.41, 5.74) is 10.7. The van der Waals surface area contributed by atoms with E-state index < -0.39 is 0 Å². The monoisotopic (exact) mass is 773 g/mol. The fourth-order valence-corrected chi connectivity index (χ4v) is 9.56. The minimum atomic E-state index is 0.602. The molecule has 0 aliphatic heterocycles. The molecule has 6 nitrogen and oxygen atoms in total. The quantitative estimate of drug-likeness (QED) is 0.168. The van der Waals surface area contributed by atoms with Crippen LogP contribution in [-0.2, 0) is 0 Å². The second-order valence-electron chi connectivity index (χ2n) is 14.6. The molecule has 59 heavy (non-hydrogen) atoms. The molecule has 0 amide bonds. The van der Waals surface area contributed by atoms with Crippen LogP contribution >= 0.6 is 11.3 Å². The average Bonchev–Trinajstić information content (AvgIpc) is 4.01. The van der Waals surface area contributed by atoms with Crippen LogP contribution in [0.3, 0.4) is 0 Å². The van der Waals surface area contributed by atoms with Gasteiger partial charge in [0.1, 0.15) is 17.0 Å². The average molecular weight is 774 g/mol. The number of furan rings is 1. The maximum atomic E-state index is 6.38. The first kappa shape index (κ1) is 33.4. The fraction of sp³-hybridized carbons (Fsp3) is 0. The van der Waals surface area contributed by atoms with Crippen LogP contribution in [0.5, 0.6) is 0 Å². The molecular weight excluding hydrogens is 743 g/mol. The van der Waals surface area contributed by atoms with Gasteiger partial charge >= 0.3 is 0 Å². The number of thiophene rings is 1. The lowest BCUT2D eigenvalue weighted by Gasteiger charge is -2.12. The summed E-state index contributed by atoms with van der Waals surface area (Å²) in [5, 5.41) is 4.44. The van der Waals surface area contributed by atoms with E-state index in [-0.39, 0.29) is 0 Å². The number of fused-ring (bicyclic) bond motifs is 7. The zero-order valence-corrected chi connectivity index (χ0v) is 32.3. The topological polar surface area (TPSA) is 69.6 Å². The summed E-state index contributed by atoms with van der Waals surface area (Å²) in [7, 11) is 0. The Kier molecular flexibility index (Phi) is 7.61. The van der Waals surface area contributed by atoms with Crippen molar-refractivity contribution in [2.75, 3.05) is 0 Å². The van der Waals surface area contributed by atoms with Gasteiger partial charge in [0.15, 0.2) is 17.5 Å². The van der Waals surface area contributed by atoms with Gasteiger partial charge in [-0.1, -0.05) is 146 Å². The summed E-state index contributed by atoms with van der Waals surface area (Å²) in [6.07, 6.45) is 0. The highest BCUT2D eigenvalue weighted by Crippen LogP contribution is 2.45. The van der Waals surface area contributed by atoms with Crippen molar-refractivity contribution in [3.8, 4) is 62.4 Å². The number of imidazole rings is 1. The molecule has 276 valence electrons. The van der Waals surface area contributed by atoms with Crippen LogP contribution in [0.4, 0.5) is 0 Å². The molecule has 0 N–H and O–H groups in total. The molecule has 12 rings (SSSR count). The van der Waals surface area contributed by atoms with Crippen LogP contribution in [0, 0.1) is 0 Å². The number of aromatic nitrogens is 5. The Morgan fingerprint density at radius 2 is 0.983 bits per heavy atom. The minimum Gasteiger partial charge on any atom is -0.455 e. The van der Waals surface area contributed by atoms with Crippen molar-refractivity contribution in [2.45, 2.75) is 0 Å². The highest BCUT2D eigenvalue weighted by Gasteiger charge is 2.22. The first-order valence-electron chi connectivity index (χ1n) is 19.6. The number of nitrogens with zero attached hydrogens (tertiary/aromatic N) is 5. The highest BCUT2D eigenvalue weighted by molar-refractivity contribution is 7.26. The predicted octanol–water partition coefficient (Wildman–Crippen LogP) is 13.8. The van der Waals surface area contributed by atoms with Crippen molar-refractivity contribution in [3.63, 3.8) is 0 Å². The van der Waals surface area contributed by atoms with Crippen molar-refractivity contribution in [1.29, 1.82) is 0 Å². The molecular formula is C52H31N5OS. The van der Waals surface area contributed by atoms with Crippen LogP contribution in [0.1, 0.15) is 0 Å². The van der Waals surface area contributed by atoms with E-state index in [4.69, 9.17) is 24.4 Å². The van der Waals surface area contributed by atoms with Crippen molar-refractivity contribution in [2.24, 2.45) is 0 Å². The lowest BCUT2D eigenvalue weighted by Crippen LogP contribution is -2.00. The van der Waals surface area contributed by atoms with Gasteiger partial charge in [-0.3, -0.25) is 4.57 Å². The van der Waals surface area contributed by atoms with E-state index in [1.165, 1.54) is 4.70 Å². The summed E-state index contributed by atoms with van der Waals surface area (Å²) >= 11 is 1.77. The third-order valence-corrected chi connectivity index (χ3v) is 12.2. The molecule has 0 spiro atoms. The summed E-state index contributed by atoms with van der Waals surface area (Å²) in [5.74, 6) is 2.72. The summed E-state index contributed by atoms with van der Waals surface area (Å²) in [4.78, 5) is 20.8. The first-order chi connectivity index (χ1) is 29.2. The Balaban J connectivity index is 1.05. The number of hydrogen-bond donors (Lipinski definition) is 0. The van der Waals surface area contributed by atoms with Crippen LogP contribution in [0.2, 0.25) is 0 Å². The first-order valence-corrected chi connectivity index (χ1v) is 20.4. The summed E-state index contributed by atoms with van der Waals surface area (Å²) in [6, 6.07) is 64.9. The van der Waals surface area contributed by atoms with Crippen LogP contribution in [0.15, 0.2) is 192 Å². The molecule has 0 bridgehead atoms. The predicted molar refractivity (Wildman–Crippen MR) is 242 cm³/mol. The van der Waals surface area contributed by atoms with Gasteiger partial charge < -0.3 is 4.42 Å². The second kappa shape index (κ2) is 13.4. The summed E-state index contributed by atoms with van der Waals surface area (Å²) < 4.78 is 11.0. The van der Waals surface area contributed by atoms with Crippen molar-refractivity contribution in [3.05, 3.63) is 188 Å². The zero-order chi connectivity index (χ0) is 38.9. The van der Waals surface area contributed by atoms with Crippen molar-refractivity contribution in [1.82, 2.24) is 24.5 Å². The van der Waals surface area contributed by atoms with E-state index in [9.17, 15) is 0 Å². The van der Waals surface area contributed by atoms with E-state index in [1.54, 1.807) is 11.3 Å². The lowest BCUT2D eigenvalue weighted by atomic mass is 10.0. The fourth-order valence-electron chi connectivity index (χ4n) is 8.40.